The van der Waals surface area contributed by atoms with Crippen molar-refractivity contribution in [1.29, 1.82) is 0 Å². The van der Waals surface area contributed by atoms with Crippen molar-refractivity contribution in [2.45, 2.75) is 51.7 Å². The molecule has 3 nitrogen and oxygen atoms in total. The molecular weight excluding hydrogens is 232 g/mol. The maximum atomic E-state index is 10.9. The van der Waals surface area contributed by atoms with Crippen molar-refractivity contribution >= 4 is 14.3 Å². The molecule has 0 aliphatic carbocycles. The standard InChI is InChI=1S/C13H26O3Si/c1-5-11-17(8-4,16-7-3)12-9-10-15-13(14)6-2/h6H,2,5,7-12H2,1,3-4H3. The normalized spacial score (nSPS) is 14.1. The van der Waals surface area contributed by atoms with Gasteiger partial charge >= 0.3 is 5.97 Å². The Balaban J connectivity index is 4.06. The Morgan fingerprint density at radius 1 is 1.29 bits per heavy atom. The Morgan fingerprint density at radius 2 is 2.00 bits per heavy atom. The number of rotatable bonds is 10. The maximum Gasteiger partial charge on any atom is 0.330 e. The van der Waals surface area contributed by atoms with Gasteiger partial charge in [-0.25, -0.2) is 4.79 Å². The quantitative estimate of drug-likeness (QED) is 0.260. The zero-order valence-corrected chi connectivity index (χ0v) is 12.5. The summed E-state index contributed by atoms with van der Waals surface area (Å²) in [7, 11) is -1.57. The first-order valence-corrected chi connectivity index (χ1v) is 9.10. The van der Waals surface area contributed by atoms with Crippen LogP contribution < -0.4 is 0 Å². The average Bonchev–Trinajstić information content (AvgIpc) is 2.34. The van der Waals surface area contributed by atoms with Crippen molar-refractivity contribution in [3.63, 3.8) is 0 Å². The van der Waals surface area contributed by atoms with Crippen LogP contribution in [0.15, 0.2) is 12.7 Å². The molecule has 4 heteroatoms. The summed E-state index contributed by atoms with van der Waals surface area (Å²) in [4.78, 5) is 10.9. The van der Waals surface area contributed by atoms with E-state index in [4.69, 9.17) is 9.16 Å². The van der Waals surface area contributed by atoms with Gasteiger partial charge in [-0.2, -0.15) is 0 Å². The first-order valence-electron chi connectivity index (χ1n) is 6.57. The molecule has 0 aliphatic rings. The van der Waals surface area contributed by atoms with Gasteiger partial charge in [0.05, 0.1) is 6.61 Å². The molecule has 0 radical (unpaired) electrons. The van der Waals surface area contributed by atoms with Gasteiger partial charge in [0, 0.05) is 12.7 Å². The lowest BCUT2D eigenvalue weighted by Crippen LogP contribution is -2.37. The summed E-state index contributed by atoms with van der Waals surface area (Å²) in [5, 5.41) is 0. The Bertz CT molecular complexity index is 223. The lowest BCUT2D eigenvalue weighted by molar-refractivity contribution is -0.137. The Kier molecular flexibility index (Phi) is 9.08. The van der Waals surface area contributed by atoms with Crippen LogP contribution in [0.4, 0.5) is 0 Å². The molecule has 0 aromatic heterocycles. The Hall–Kier alpha value is -0.613. The van der Waals surface area contributed by atoms with Crippen molar-refractivity contribution in [2.24, 2.45) is 0 Å². The summed E-state index contributed by atoms with van der Waals surface area (Å²) in [6.07, 6.45) is 3.28. The van der Waals surface area contributed by atoms with Crippen LogP contribution in [-0.2, 0) is 14.0 Å². The summed E-state index contributed by atoms with van der Waals surface area (Å²) in [5.74, 6) is -0.333. The van der Waals surface area contributed by atoms with Crippen molar-refractivity contribution < 1.29 is 14.0 Å². The molecule has 0 aromatic carbocycles. The van der Waals surface area contributed by atoms with Gasteiger partial charge < -0.3 is 9.16 Å². The van der Waals surface area contributed by atoms with Crippen molar-refractivity contribution in [3.05, 3.63) is 12.7 Å². The third kappa shape index (κ3) is 6.63. The monoisotopic (exact) mass is 258 g/mol. The van der Waals surface area contributed by atoms with Crippen LogP contribution in [0.5, 0.6) is 0 Å². The van der Waals surface area contributed by atoms with E-state index in [0.29, 0.717) is 6.61 Å². The minimum absolute atomic E-state index is 0.333. The molecule has 17 heavy (non-hydrogen) atoms. The fourth-order valence-electron chi connectivity index (χ4n) is 2.11. The largest absolute Gasteiger partial charge is 0.463 e. The van der Waals surface area contributed by atoms with Crippen LogP contribution in [0.2, 0.25) is 18.1 Å². The maximum absolute atomic E-state index is 10.9. The first kappa shape index (κ1) is 16.4. The van der Waals surface area contributed by atoms with Crippen LogP contribution in [0.3, 0.4) is 0 Å². The van der Waals surface area contributed by atoms with Gasteiger partial charge in [-0.3, -0.25) is 0 Å². The van der Waals surface area contributed by atoms with Gasteiger partial charge in [-0.05, 0) is 31.5 Å². The molecule has 0 amide bonds. The van der Waals surface area contributed by atoms with E-state index in [1.807, 2.05) is 0 Å². The van der Waals surface area contributed by atoms with E-state index in [1.165, 1.54) is 18.5 Å². The molecule has 0 aliphatic heterocycles. The molecule has 0 N–H and O–H groups in total. The zero-order valence-electron chi connectivity index (χ0n) is 11.5. The highest BCUT2D eigenvalue weighted by atomic mass is 28.4. The molecule has 0 bridgehead atoms. The van der Waals surface area contributed by atoms with Crippen LogP contribution in [0, 0.1) is 0 Å². The van der Waals surface area contributed by atoms with E-state index in [9.17, 15) is 4.79 Å². The molecule has 1 unspecified atom stereocenters. The van der Waals surface area contributed by atoms with Gasteiger partial charge in [-0.15, -0.1) is 0 Å². The third-order valence-electron chi connectivity index (χ3n) is 2.99. The van der Waals surface area contributed by atoms with Crippen molar-refractivity contribution in [3.8, 4) is 0 Å². The highest BCUT2D eigenvalue weighted by Gasteiger charge is 2.30. The van der Waals surface area contributed by atoms with Gasteiger partial charge in [0.25, 0.3) is 0 Å². The zero-order chi connectivity index (χ0) is 13.1. The Morgan fingerprint density at radius 3 is 2.47 bits per heavy atom. The molecule has 0 heterocycles. The van der Waals surface area contributed by atoms with Gasteiger partial charge in [0.1, 0.15) is 0 Å². The summed E-state index contributed by atoms with van der Waals surface area (Å²) in [6, 6.07) is 3.42. The molecule has 100 valence electrons. The number of esters is 1. The lowest BCUT2D eigenvalue weighted by Gasteiger charge is -2.29. The SMILES string of the molecule is C=CC(=O)OCCC[Si](CC)(CCC)OCC. The average molecular weight is 258 g/mol. The number of hydrogen-bond acceptors (Lipinski definition) is 3. The second-order valence-corrected chi connectivity index (χ2v) is 8.56. The molecule has 0 rings (SSSR count). The Labute approximate surface area is 106 Å². The van der Waals surface area contributed by atoms with Gasteiger partial charge in [-0.1, -0.05) is 26.8 Å². The predicted octanol–water partition coefficient (Wildman–Crippen LogP) is 3.52. The predicted molar refractivity (Wildman–Crippen MR) is 73.5 cm³/mol. The van der Waals surface area contributed by atoms with Crippen molar-refractivity contribution in [1.82, 2.24) is 0 Å². The summed E-state index contributed by atoms with van der Waals surface area (Å²) in [6.45, 7) is 11.1. The molecule has 1 atom stereocenters. The second-order valence-electron chi connectivity index (χ2n) is 4.19. The number of ether oxygens (including phenoxy) is 1. The summed E-state index contributed by atoms with van der Waals surface area (Å²) >= 11 is 0. The minimum Gasteiger partial charge on any atom is -0.463 e. The minimum atomic E-state index is -1.57. The smallest absolute Gasteiger partial charge is 0.330 e. The second kappa shape index (κ2) is 9.42. The van der Waals surface area contributed by atoms with Gasteiger partial charge in [0.2, 0.25) is 0 Å². The fraction of sp³-hybridized carbons (Fsp3) is 0.769. The highest BCUT2D eigenvalue weighted by molar-refractivity contribution is 6.73. The van der Waals surface area contributed by atoms with E-state index in [1.54, 1.807) is 0 Å². The molecule has 0 saturated carbocycles. The van der Waals surface area contributed by atoms with Crippen LogP contribution >= 0.6 is 0 Å². The van der Waals surface area contributed by atoms with Crippen LogP contribution in [0.25, 0.3) is 0 Å². The van der Waals surface area contributed by atoms with E-state index in [0.717, 1.165) is 25.1 Å². The highest BCUT2D eigenvalue weighted by Crippen LogP contribution is 2.25. The topological polar surface area (TPSA) is 35.5 Å². The number of carbonyl (C=O) groups excluding carboxylic acids is 1. The molecule has 0 saturated heterocycles. The van der Waals surface area contributed by atoms with Crippen molar-refractivity contribution in [2.75, 3.05) is 13.2 Å². The molecule has 0 spiro atoms. The first-order chi connectivity index (χ1) is 8.14. The summed E-state index contributed by atoms with van der Waals surface area (Å²) in [5.41, 5.74) is 0. The van der Waals surface area contributed by atoms with Gasteiger partial charge in [0.15, 0.2) is 8.32 Å². The lowest BCUT2D eigenvalue weighted by atomic mass is 10.5. The molecular formula is C13H26O3Si. The van der Waals surface area contributed by atoms with Crippen LogP contribution in [0.1, 0.15) is 33.6 Å². The molecule has 0 aromatic rings. The molecule has 0 fully saturated rings. The summed E-state index contributed by atoms with van der Waals surface area (Å²) < 4.78 is 11.0. The van der Waals surface area contributed by atoms with Crippen LogP contribution in [-0.4, -0.2) is 27.5 Å². The van der Waals surface area contributed by atoms with E-state index < -0.39 is 8.32 Å². The van der Waals surface area contributed by atoms with E-state index in [2.05, 4.69) is 27.4 Å². The van der Waals surface area contributed by atoms with E-state index >= 15 is 0 Å². The fourth-order valence-corrected chi connectivity index (χ4v) is 5.87. The van der Waals surface area contributed by atoms with E-state index in [-0.39, 0.29) is 5.97 Å². The number of hydrogen-bond donors (Lipinski definition) is 0. The third-order valence-corrected chi connectivity index (χ3v) is 7.85. The number of carbonyl (C=O) groups is 1.